The van der Waals surface area contributed by atoms with Crippen molar-refractivity contribution in [2.75, 3.05) is 30.0 Å². The van der Waals surface area contributed by atoms with E-state index < -0.39 is 17.8 Å². The van der Waals surface area contributed by atoms with E-state index in [1.165, 1.54) is 6.08 Å². The summed E-state index contributed by atoms with van der Waals surface area (Å²) in [6, 6.07) is 10.7. The molecule has 0 unspecified atom stereocenters. The van der Waals surface area contributed by atoms with Gasteiger partial charge in [-0.2, -0.15) is 5.10 Å². The summed E-state index contributed by atoms with van der Waals surface area (Å²) >= 11 is 0. The molecule has 1 fully saturated rings. The number of piperidine rings is 1. The summed E-state index contributed by atoms with van der Waals surface area (Å²) in [5, 5.41) is 24.2. The van der Waals surface area contributed by atoms with Crippen molar-refractivity contribution in [3.63, 3.8) is 0 Å². The van der Waals surface area contributed by atoms with Gasteiger partial charge in [-0.1, -0.05) is 18.2 Å². The van der Waals surface area contributed by atoms with Gasteiger partial charge in [-0.05, 0) is 93.1 Å². The number of aromatic hydroxyl groups is 1. The molecular formula is C27H30N4O5. The fourth-order valence-electron chi connectivity index (χ4n) is 4.63. The van der Waals surface area contributed by atoms with E-state index in [4.69, 9.17) is 5.11 Å². The maximum Gasteiger partial charge on any atom is 0.317 e. The predicted molar refractivity (Wildman–Crippen MR) is 137 cm³/mol. The third kappa shape index (κ3) is 5.16. The van der Waals surface area contributed by atoms with Crippen LogP contribution < -0.4 is 10.3 Å². The van der Waals surface area contributed by atoms with Gasteiger partial charge >= 0.3 is 5.97 Å². The van der Waals surface area contributed by atoms with Gasteiger partial charge in [0, 0.05) is 6.08 Å². The van der Waals surface area contributed by atoms with Crippen LogP contribution in [0.25, 0.3) is 0 Å². The summed E-state index contributed by atoms with van der Waals surface area (Å²) in [5.41, 5.74) is 6.93. The molecule has 4 rings (SSSR count). The summed E-state index contributed by atoms with van der Waals surface area (Å²) in [5.74, 6) is -1.69. The Hall–Kier alpha value is -3.98. The number of phenolic OH excluding ortho intramolecular Hbond substituents is 1. The number of aliphatic carboxylic acids is 1. The lowest BCUT2D eigenvalue weighted by Crippen LogP contribution is -2.45. The number of imide groups is 1. The van der Waals surface area contributed by atoms with Crippen LogP contribution >= 0.6 is 0 Å². The molecule has 0 spiro atoms. The Bertz CT molecular complexity index is 1270. The van der Waals surface area contributed by atoms with Crippen LogP contribution in [0.15, 0.2) is 53.1 Å². The molecule has 0 aliphatic carbocycles. The number of hydrogen-bond donors (Lipinski definition) is 3. The normalized spacial score (nSPS) is 18.5. The topological polar surface area (TPSA) is 123 Å². The molecule has 3 N–H and O–H groups in total. The van der Waals surface area contributed by atoms with Crippen molar-refractivity contribution in [1.29, 1.82) is 0 Å². The average molecular weight is 491 g/mol. The van der Waals surface area contributed by atoms with Gasteiger partial charge in [0.25, 0.3) is 11.8 Å². The molecule has 188 valence electrons. The van der Waals surface area contributed by atoms with Gasteiger partial charge in [0.15, 0.2) is 5.71 Å². The molecule has 0 atom stereocenters. The number of nitrogens with one attached hydrogen (secondary N) is 1. The number of amides is 2. The van der Waals surface area contributed by atoms with E-state index in [1.54, 1.807) is 31.2 Å². The van der Waals surface area contributed by atoms with Crippen LogP contribution in [0.4, 0.5) is 11.4 Å². The highest BCUT2D eigenvalue weighted by atomic mass is 16.4. The van der Waals surface area contributed by atoms with E-state index >= 15 is 0 Å². The number of phenols is 1. The summed E-state index contributed by atoms with van der Waals surface area (Å²) < 4.78 is 0. The van der Waals surface area contributed by atoms with Crippen LogP contribution in [-0.2, 0) is 14.4 Å². The van der Waals surface area contributed by atoms with E-state index in [0.29, 0.717) is 30.0 Å². The Morgan fingerprint density at radius 3 is 2.47 bits per heavy atom. The first-order chi connectivity index (χ1) is 17.2. The molecule has 9 nitrogen and oxygen atoms in total. The number of aryl methyl sites for hydroxylation is 2. The zero-order valence-corrected chi connectivity index (χ0v) is 20.6. The number of para-hydroxylation sites is 1. The SMILES string of the molecule is CC1=CC(=O)N(c2ccc(C)c(C)c2)C(=O)/C1=N/Nc1cccc(C2CCN(CC(=O)O)CC2)c1O. The van der Waals surface area contributed by atoms with Crippen molar-refractivity contribution >= 4 is 34.9 Å². The van der Waals surface area contributed by atoms with Crippen LogP contribution in [0.3, 0.4) is 0 Å². The smallest absolute Gasteiger partial charge is 0.317 e. The highest BCUT2D eigenvalue weighted by molar-refractivity contribution is 6.56. The van der Waals surface area contributed by atoms with Crippen molar-refractivity contribution < 1.29 is 24.6 Å². The fourth-order valence-corrected chi connectivity index (χ4v) is 4.63. The number of anilines is 2. The minimum absolute atomic E-state index is 0.0143. The van der Waals surface area contributed by atoms with Crippen molar-refractivity contribution in [3.05, 3.63) is 64.7 Å². The number of carbonyl (C=O) groups excluding carboxylic acids is 2. The third-order valence-electron chi connectivity index (χ3n) is 6.83. The van der Waals surface area contributed by atoms with Crippen molar-refractivity contribution in [2.24, 2.45) is 5.10 Å². The molecule has 2 aromatic rings. The molecule has 36 heavy (non-hydrogen) atoms. The second-order valence-corrected chi connectivity index (χ2v) is 9.33. The van der Waals surface area contributed by atoms with Crippen molar-refractivity contribution in [3.8, 4) is 5.75 Å². The monoisotopic (exact) mass is 490 g/mol. The highest BCUT2D eigenvalue weighted by Gasteiger charge is 2.32. The van der Waals surface area contributed by atoms with E-state index in [1.807, 2.05) is 30.9 Å². The molecular weight excluding hydrogens is 460 g/mol. The zero-order chi connectivity index (χ0) is 26.0. The highest BCUT2D eigenvalue weighted by Crippen LogP contribution is 2.38. The van der Waals surface area contributed by atoms with Gasteiger partial charge in [0.1, 0.15) is 5.75 Å². The van der Waals surface area contributed by atoms with Crippen LogP contribution in [-0.4, -0.2) is 58.2 Å². The van der Waals surface area contributed by atoms with Gasteiger partial charge in [0.05, 0.1) is 17.9 Å². The second-order valence-electron chi connectivity index (χ2n) is 9.33. The standard InChI is InChI=1S/C27H30N4O5/c1-16-7-8-20(13-17(16)2)31-23(32)14-18(3)25(27(31)36)29-28-22-6-4-5-21(26(22)35)19-9-11-30(12-10-19)15-24(33)34/h4-8,13-14,19,28,35H,9-12,15H2,1-3H3,(H,33,34)/b29-25+. The second kappa shape index (κ2) is 10.3. The van der Waals surface area contributed by atoms with E-state index in [0.717, 1.165) is 34.4 Å². The number of nitrogens with zero attached hydrogens (tertiary/aromatic N) is 3. The fraction of sp³-hybridized carbons (Fsp3) is 0.333. The number of likely N-dealkylation sites (tertiary alicyclic amines) is 1. The first kappa shape index (κ1) is 25.1. The number of hydrogen-bond acceptors (Lipinski definition) is 7. The van der Waals surface area contributed by atoms with Crippen LogP contribution in [0.5, 0.6) is 5.75 Å². The van der Waals surface area contributed by atoms with Crippen LogP contribution in [0.2, 0.25) is 0 Å². The van der Waals surface area contributed by atoms with Crippen molar-refractivity contribution in [2.45, 2.75) is 39.5 Å². The summed E-state index contributed by atoms with van der Waals surface area (Å²) in [6.45, 7) is 6.81. The van der Waals surface area contributed by atoms with Gasteiger partial charge in [-0.3, -0.25) is 24.7 Å². The number of carboxylic acid groups (broad SMARTS) is 1. The maximum atomic E-state index is 13.3. The summed E-state index contributed by atoms with van der Waals surface area (Å²) in [7, 11) is 0. The van der Waals surface area contributed by atoms with E-state index in [-0.39, 0.29) is 23.9 Å². The van der Waals surface area contributed by atoms with Crippen LogP contribution in [0, 0.1) is 13.8 Å². The molecule has 0 bridgehead atoms. The molecule has 2 heterocycles. The molecule has 1 saturated heterocycles. The third-order valence-corrected chi connectivity index (χ3v) is 6.83. The van der Waals surface area contributed by atoms with Gasteiger partial charge in [-0.25, -0.2) is 4.90 Å². The predicted octanol–water partition coefficient (Wildman–Crippen LogP) is 3.56. The lowest BCUT2D eigenvalue weighted by atomic mass is 9.88. The summed E-state index contributed by atoms with van der Waals surface area (Å²) in [4.78, 5) is 39.9. The molecule has 0 saturated carbocycles. The van der Waals surface area contributed by atoms with E-state index in [2.05, 4.69) is 10.5 Å². The van der Waals surface area contributed by atoms with Crippen LogP contribution in [0.1, 0.15) is 42.4 Å². The number of hydrazone groups is 1. The van der Waals surface area contributed by atoms with Crippen molar-refractivity contribution in [1.82, 2.24) is 4.90 Å². The minimum Gasteiger partial charge on any atom is -0.505 e. The molecule has 9 heteroatoms. The Balaban J connectivity index is 1.54. The van der Waals surface area contributed by atoms with Gasteiger partial charge < -0.3 is 10.2 Å². The average Bonchev–Trinajstić information content (AvgIpc) is 2.82. The largest absolute Gasteiger partial charge is 0.505 e. The number of rotatable bonds is 6. The number of carboxylic acids is 1. The molecule has 2 aromatic carbocycles. The Morgan fingerprint density at radius 2 is 1.81 bits per heavy atom. The molecule has 0 radical (unpaired) electrons. The van der Waals surface area contributed by atoms with E-state index in [9.17, 15) is 19.5 Å². The first-order valence-electron chi connectivity index (χ1n) is 11.9. The molecule has 2 amide bonds. The molecule has 2 aliphatic heterocycles. The number of benzene rings is 2. The van der Waals surface area contributed by atoms with Gasteiger partial charge in [0.2, 0.25) is 0 Å². The lowest BCUT2D eigenvalue weighted by molar-refractivity contribution is -0.138. The quantitative estimate of drug-likeness (QED) is 0.321. The minimum atomic E-state index is -0.846. The Labute approximate surface area is 209 Å². The zero-order valence-electron chi connectivity index (χ0n) is 20.6. The Morgan fingerprint density at radius 1 is 1.08 bits per heavy atom. The Kier molecular flexibility index (Phi) is 7.21. The number of carbonyl (C=O) groups is 3. The molecule has 0 aromatic heterocycles. The van der Waals surface area contributed by atoms with Gasteiger partial charge in [-0.15, -0.1) is 0 Å². The summed E-state index contributed by atoms with van der Waals surface area (Å²) in [6.07, 6.45) is 2.83. The maximum absolute atomic E-state index is 13.3. The lowest BCUT2D eigenvalue weighted by Gasteiger charge is -2.31. The first-order valence-corrected chi connectivity index (χ1v) is 11.9. The molecule has 2 aliphatic rings.